The Hall–Kier alpha value is -2.99. The Balaban J connectivity index is 1.77. The maximum absolute atomic E-state index is 11.4. The molecule has 182 valence electrons. The molecular formula is C29H35N3O2Si. The molecule has 5 nitrogen and oxygen atoms in total. The van der Waals surface area contributed by atoms with E-state index in [4.69, 9.17) is 9.98 Å². The highest BCUT2D eigenvalue weighted by Gasteiger charge is 2.39. The second kappa shape index (κ2) is 7.75. The molecule has 0 aromatic heterocycles. The van der Waals surface area contributed by atoms with Crippen molar-refractivity contribution in [2.75, 3.05) is 5.32 Å². The minimum Gasteiger partial charge on any atom is -0.481 e. The van der Waals surface area contributed by atoms with Crippen molar-refractivity contribution in [2.24, 2.45) is 9.98 Å². The third-order valence-corrected chi connectivity index (χ3v) is 12.1. The molecule has 2 aromatic rings. The van der Waals surface area contributed by atoms with Crippen LogP contribution in [0.2, 0.25) is 12.6 Å². The summed E-state index contributed by atoms with van der Waals surface area (Å²) in [4.78, 5) is 21.6. The molecule has 3 aliphatic rings. The molecule has 2 aromatic carbocycles. The van der Waals surface area contributed by atoms with Crippen LogP contribution in [0, 0.1) is 0 Å². The van der Waals surface area contributed by atoms with Gasteiger partial charge in [-0.25, -0.2) is 4.99 Å². The van der Waals surface area contributed by atoms with Gasteiger partial charge in [-0.3, -0.25) is 9.79 Å². The lowest BCUT2D eigenvalue weighted by molar-refractivity contribution is -0.137. The fourth-order valence-electron chi connectivity index (χ4n) is 6.16. The summed E-state index contributed by atoms with van der Waals surface area (Å²) in [5, 5.41) is 17.7. The number of carboxylic acid groups (broad SMARTS) is 1. The first kappa shape index (κ1) is 23.7. The zero-order valence-electron chi connectivity index (χ0n) is 21.8. The second-order valence-corrected chi connectivity index (χ2v) is 16.0. The molecule has 35 heavy (non-hydrogen) atoms. The first-order valence-electron chi connectivity index (χ1n) is 12.5. The average molecular weight is 486 g/mol. The van der Waals surface area contributed by atoms with Gasteiger partial charge in [0.2, 0.25) is 0 Å². The molecule has 2 N–H and O–H groups in total. The second-order valence-electron chi connectivity index (χ2n) is 11.8. The van der Waals surface area contributed by atoms with Crippen LogP contribution in [-0.2, 0) is 4.79 Å². The Kier molecular flexibility index (Phi) is 5.26. The van der Waals surface area contributed by atoms with Gasteiger partial charge in [-0.15, -0.1) is 0 Å². The van der Waals surface area contributed by atoms with Gasteiger partial charge in [0.1, 0.15) is 8.07 Å². The quantitative estimate of drug-likeness (QED) is 0.629. The number of rotatable bonds is 4. The van der Waals surface area contributed by atoms with Gasteiger partial charge in [0.05, 0.1) is 27.5 Å². The van der Waals surface area contributed by atoms with Crippen molar-refractivity contribution in [3.05, 3.63) is 58.3 Å². The van der Waals surface area contributed by atoms with Crippen LogP contribution in [0.4, 0.5) is 11.4 Å². The first-order valence-corrected chi connectivity index (χ1v) is 15.2. The van der Waals surface area contributed by atoms with Crippen LogP contribution in [0.15, 0.2) is 46.4 Å². The highest BCUT2D eigenvalue weighted by molar-refractivity contribution is 7.02. The summed E-state index contributed by atoms with van der Waals surface area (Å²) >= 11 is 0. The zero-order chi connectivity index (χ0) is 25.3. The summed E-state index contributed by atoms with van der Waals surface area (Å²) in [6.45, 7) is 15.4. The summed E-state index contributed by atoms with van der Waals surface area (Å²) < 4.78 is 0. The SMILES string of the molecule is CC1=CC(C)(C)Nc2cc3c(cc21)N=c1cc2c(cc1[Si]3(C)CCCC(=O)O)=NC(C)(C)C=C2C. The molecular weight excluding hydrogens is 450 g/mol. The largest absolute Gasteiger partial charge is 0.481 e. The van der Waals surface area contributed by atoms with E-state index in [0.717, 1.165) is 33.7 Å². The highest BCUT2D eigenvalue weighted by Crippen LogP contribution is 2.37. The standard InChI is InChI=1S/C29H35N3O2Si/c1-17-15-28(3,4)31-21-13-25-23(11-19(17)21)30-24-12-20-18(2)16-29(5,6)32-22(20)14-26(24)35(25,7)10-8-9-27(33)34/h11-16,31H,8-10H2,1-7H3,(H,33,34). The predicted molar refractivity (Wildman–Crippen MR) is 147 cm³/mol. The molecule has 0 saturated heterocycles. The molecule has 0 aliphatic carbocycles. The topological polar surface area (TPSA) is 74.0 Å². The van der Waals surface area contributed by atoms with Crippen molar-refractivity contribution in [3.8, 4) is 0 Å². The van der Waals surface area contributed by atoms with Crippen LogP contribution >= 0.6 is 0 Å². The lowest BCUT2D eigenvalue weighted by Crippen LogP contribution is -2.64. The molecule has 6 heteroatoms. The Morgan fingerprint density at radius 2 is 1.69 bits per heavy atom. The van der Waals surface area contributed by atoms with E-state index in [1.165, 1.54) is 27.1 Å². The highest BCUT2D eigenvalue weighted by atomic mass is 28.3. The van der Waals surface area contributed by atoms with E-state index in [-0.39, 0.29) is 17.5 Å². The summed E-state index contributed by atoms with van der Waals surface area (Å²) in [7, 11) is -2.30. The summed E-state index contributed by atoms with van der Waals surface area (Å²) in [6.07, 6.45) is 5.34. The number of fused-ring (bicyclic) bond motifs is 4. The summed E-state index contributed by atoms with van der Waals surface area (Å²) in [5.41, 5.74) is 6.65. The number of nitrogens with zero attached hydrogens (tertiary/aromatic N) is 2. The fourth-order valence-corrected chi connectivity index (χ4v) is 10.2. The van der Waals surface area contributed by atoms with E-state index in [2.05, 4.69) is 89.8 Å². The van der Waals surface area contributed by atoms with Crippen molar-refractivity contribution in [2.45, 2.75) is 78.1 Å². The molecule has 0 fully saturated rings. The van der Waals surface area contributed by atoms with Crippen LogP contribution in [0.25, 0.3) is 11.1 Å². The van der Waals surface area contributed by atoms with Crippen molar-refractivity contribution in [1.82, 2.24) is 0 Å². The van der Waals surface area contributed by atoms with Crippen molar-refractivity contribution >= 4 is 46.9 Å². The smallest absolute Gasteiger partial charge is 0.303 e. The van der Waals surface area contributed by atoms with Crippen LogP contribution in [0.1, 0.15) is 65.5 Å². The molecule has 1 unspecified atom stereocenters. The van der Waals surface area contributed by atoms with Crippen LogP contribution < -0.4 is 26.4 Å². The van der Waals surface area contributed by atoms with E-state index in [0.29, 0.717) is 6.42 Å². The van der Waals surface area contributed by atoms with Crippen molar-refractivity contribution in [3.63, 3.8) is 0 Å². The van der Waals surface area contributed by atoms with Crippen LogP contribution in [0.3, 0.4) is 0 Å². The van der Waals surface area contributed by atoms with E-state index in [1.54, 1.807) is 0 Å². The number of benzene rings is 2. The Labute approximate surface area is 208 Å². The maximum Gasteiger partial charge on any atom is 0.303 e. The average Bonchev–Trinajstić information content (AvgIpc) is 2.71. The number of aliphatic carboxylic acids is 1. The van der Waals surface area contributed by atoms with Gasteiger partial charge in [-0.05, 0) is 99.8 Å². The lowest BCUT2D eigenvalue weighted by Gasteiger charge is -2.37. The Morgan fingerprint density at radius 1 is 0.971 bits per heavy atom. The number of nitrogens with one attached hydrogen (secondary N) is 1. The third-order valence-electron chi connectivity index (χ3n) is 7.61. The van der Waals surface area contributed by atoms with Gasteiger partial charge in [0.15, 0.2) is 0 Å². The van der Waals surface area contributed by atoms with Crippen molar-refractivity contribution in [1.29, 1.82) is 0 Å². The van der Waals surface area contributed by atoms with E-state index in [1.807, 2.05) is 0 Å². The number of carboxylic acids is 1. The number of allylic oxidation sites excluding steroid dienone is 2. The maximum atomic E-state index is 11.4. The molecule has 3 aliphatic heterocycles. The monoisotopic (exact) mass is 485 g/mol. The molecule has 3 heterocycles. The van der Waals surface area contributed by atoms with E-state index >= 15 is 0 Å². The number of hydrogen-bond donors (Lipinski definition) is 2. The summed E-state index contributed by atoms with van der Waals surface area (Å²) in [5.74, 6) is -0.735. The fraction of sp³-hybridized carbons (Fsp3) is 0.414. The van der Waals surface area contributed by atoms with Crippen LogP contribution in [-0.4, -0.2) is 30.2 Å². The lowest BCUT2D eigenvalue weighted by atomic mass is 9.91. The van der Waals surface area contributed by atoms with Gasteiger partial charge in [-0.1, -0.05) is 18.7 Å². The van der Waals surface area contributed by atoms with Gasteiger partial charge >= 0.3 is 5.97 Å². The van der Waals surface area contributed by atoms with E-state index < -0.39 is 14.0 Å². The zero-order valence-corrected chi connectivity index (χ0v) is 22.8. The minimum atomic E-state index is -2.30. The molecule has 0 saturated carbocycles. The minimum absolute atomic E-state index is 0.121. The molecule has 0 amide bonds. The summed E-state index contributed by atoms with van der Waals surface area (Å²) in [6, 6.07) is 9.89. The van der Waals surface area contributed by atoms with Crippen molar-refractivity contribution < 1.29 is 9.90 Å². The number of anilines is 1. The van der Waals surface area contributed by atoms with Gasteiger partial charge in [0.25, 0.3) is 0 Å². The Bertz CT molecular complexity index is 1470. The predicted octanol–water partition coefficient (Wildman–Crippen LogP) is 4.43. The molecule has 5 rings (SSSR count). The number of hydrogen-bond acceptors (Lipinski definition) is 4. The Morgan fingerprint density at radius 3 is 2.40 bits per heavy atom. The third kappa shape index (κ3) is 4.08. The van der Waals surface area contributed by atoms with Gasteiger partial charge in [-0.2, -0.15) is 0 Å². The molecule has 1 atom stereocenters. The first-order chi connectivity index (χ1) is 16.3. The normalized spacial score (nSPS) is 22.6. The van der Waals surface area contributed by atoms with E-state index in [9.17, 15) is 9.90 Å². The van der Waals surface area contributed by atoms with Crippen LogP contribution in [0.5, 0.6) is 0 Å². The van der Waals surface area contributed by atoms with Gasteiger partial charge in [0, 0.05) is 23.2 Å². The van der Waals surface area contributed by atoms with Gasteiger partial charge < -0.3 is 10.4 Å². The number of carbonyl (C=O) groups is 1. The molecule has 0 spiro atoms. The molecule has 0 bridgehead atoms. The molecule has 0 radical (unpaired) electrons.